The van der Waals surface area contributed by atoms with E-state index in [2.05, 4.69) is 22.4 Å². The molecule has 3 nitrogen and oxygen atoms in total. The molecule has 0 unspecified atom stereocenters. The Morgan fingerprint density at radius 3 is 2.65 bits per heavy atom. The zero-order valence-corrected chi connectivity index (χ0v) is 12.8. The van der Waals surface area contributed by atoms with E-state index in [1.807, 2.05) is 12.1 Å². The summed E-state index contributed by atoms with van der Waals surface area (Å²) < 4.78 is 5.79. The van der Waals surface area contributed by atoms with Gasteiger partial charge >= 0.3 is 0 Å². The highest BCUT2D eigenvalue weighted by atomic mass is 32.1. The van der Waals surface area contributed by atoms with Crippen LogP contribution in [0.3, 0.4) is 0 Å². The molecule has 0 amide bonds. The lowest BCUT2D eigenvalue weighted by Gasteiger charge is -2.20. The highest BCUT2D eigenvalue weighted by molar-refractivity contribution is 7.09. The quantitative estimate of drug-likeness (QED) is 0.881. The molecule has 0 atom stereocenters. The van der Waals surface area contributed by atoms with Gasteiger partial charge < -0.3 is 9.52 Å². The van der Waals surface area contributed by atoms with Crippen molar-refractivity contribution < 1.29 is 9.52 Å². The molecule has 0 radical (unpaired) electrons. The molecule has 1 N–H and O–H groups in total. The van der Waals surface area contributed by atoms with Crippen LogP contribution in [0.15, 0.2) is 34.1 Å². The van der Waals surface area contributed by atoms with Crippen LogP contribution in [0.5, 0.6) is 0 Å². The number of hydrogen-bond acceptors (Lipinski definition) is 4. The Balaban J connectivity index is 1.69. The first-order valence-electron chi connectivity index (χ1n) is 7.10. The van der Waals surface area contributed by atoms with Gasteiger partial charge in [-0.1, -0.05) is 6.07 Å². The number of aliphatic hydroxyl groups is 1. The Morgan fingerprint density at radius 2 is 2.10 bits per heavy atom. The summed E-state index contributed by atoms with van der Waals surface area (Å²) in [5.74, 6) is 1.57. The van der Waals surface area contributed by atoms with E-state index in [4.69, 9.17) is 4.42 Å². The van der Waals surface area contributed by atoms with Crippen molar-refractivity contribution in [3.05, 3.63) is 46.0 Å². The number of hydrogen-bond donors (Lipinski definition) is 1. The first kappa shape index (κ1) is 13.9. The molecule has 20 heavy (non-hydrogen) atoms. The predicted octanol–water partition coefficient (Wildman–Crippen LogP) is 3.73. The van der Waals surface area contributed by atoms with Crippen molar-refractivity contribution in [1.82, 2.24) is 4.90 Å². The lowest BCUT2D eigenvalue weighted by atomic mass is 10.1. The summed E-state index contributed by atoms with van der Waals surface area (Å²) in [5, 5.41) is 12.1. The van der Waals surface area contributed by atoms with Crippen molar-refractivity contribution in [2.45, 2.75) is 51.4 Å². The van der Waals surface area contributed by atoms with E-state index in [1.54, 1.807) is 25.2 Å². The lowest BCUT2D eigenvalue weighted by Crippen LogP contribution is -2.24. The van der Waals surface area contributed by atoms with Crippen molar-refractivity contribution in [1.29, 1.82) is 0 Å². The monoisotopic (exact) mass is 291 g/mol. The van der Waals surface area contributed by atoms with Crippen molar-refractivity contribution >= 4 is 11.3 Å². The van der Waals surface area contributed by atoms with Crippen LogP contribution in [-0.2, 0) is 18.7 Å². The Labute approximate surface area is 123 Å². The molecular formula is C16H21NO2S. The predicted molar refractivity (Wildman–Crippen MR) is 80.5 cm³/mol. The van der Waals surface area contributed by atoms with Gasteiger partial charge in [0.05, 0.1) is 6.54 Å². The summed E-state index contributed by atoms with van der Waals surface area (Å²) in [6.45, 7) is 5.30. The maximum absolute atomic E-state index is 9.96. The molecule has 0 saturated heterocycles. The molecule has 0 aromatic carbocycles. The van der Waals surface area contributed by atoms with E-state index < -0.39 is 5.60 Å². The van der Waals surface area contributed by atoms with Crippen LogP contribution in [0.25, 0.3) is 0 Å². The number of furan rings is 1. The summed E-state index contributed by atoms with van der Waals surface area (Å²) in [7, 11) is 0. The van der Waals surface area contributed by atoms with Gasteiger partial charge in [0.15, 0.2) is 0 Å². The van der Waals surface area contributed by atoms with Gasteiger partial charge in [-0.2, -0.15) is 0 Å². The smallest absolute Gasteiger partial charge is 0.135 e. The maximum atomic E-state index is 9.96. The second-order valence-electron chi connectivity index (χ2n) is 6.04. The molecule has 1 saturated carbocycles. The van der Waals surface area contributed by atoms with Gasteiger partial charge in [0.2, 0.25) is 0 Å². The van der Waals surface area contributed by atoms with E-state index in [1.165, 1.54) is 17.7 Å². The molecule has 4 heteroatoms. The maximum Gasteiger partial charge on any atom is 0.135 e. The summed E-state index contributed by atoms with van der Waals surface area (Å²) in [6.07, 6.45) is 2.56. The molecule has 3 rings (SSSR count). The van der Waals surface area contributed by atoms with Crippen molar-refractivity contribution in [2.75, 3.05) is 0 Å². The third-order valence-electron chi connectivity index (χ3n) is 3.63. The van der Waals surface area contributed by atoms with Crippen LogP contribution >= 0.6 is 11.3 Å². The zero-order chi connectivity index (χ0) is 14.2. The Morgan fingerprint density at radius 1 is 1.30 bits per heavy atom. The van der Waals surface area contributed by atoms with E-state index in [0.29, 0.717) is 11.8 Å². The normalized spacial score (nSPS) is 16.0. The van der Waals surface area contributed by atoms with Crippen LogP contribution in [0.1, 0.15) is 43.1 Å². The van der Waals surface area contributed by atoms with Crippen LogP contribution in [0.4, 0.5) is 0 Å². The summed E-state index contributed by atoms with van der Waals surface area (Å²) in [6, 6.07) is 8.84. The fourth-order valence-electron chi connectivity index (χ4n) is 2.35. The molecule has 2 heterocycles. The van der Waals surface area contributed by atoms with Crippen LogP contribution < -0.4 is 0 Å². The third-order valence-corrected chi connectivity index (χ3v) is 4.49. The van der Waals surface area contributed by atoms with Crippen LogP contribution in [0, 0.1) is 0 Å². The third kappa shape index (κ3) is 3.32. The van der Waals surface area contributed by atoms with Gasteiger partial charge in [-0.3, -0.25) is 4.90 Å². The molecule has 0 aliphatic heterocycles. The van der Waals surface area contributed by atoms with Crippen LogP contribution in [0.2, 0.25) is 0 Å². The largest absolute Gasteiger partial charge is 0.462 e. The second kappa shape index (κ2) is 5.35. The number of nitrogens with zero attached hydrogens (tertiary/aromatic N) is 1. The van der Waals surface area contributed by atoms with Gasteiger partial charge in [-0.05, 0) is 50.3 Å². The average Bonchev–Trinajstić information content (AvgIpc) is 2.88. The minimum atomic E-state index is -0.906. The van der Waals surface area contributed by atoms with E-state index in [9.17, 15) is 5.11 Å². The number of thiophene rings is 1. The van der Waals surface area contributed by atoms with E-state index >= 15 is 0 Å². The van der Waals surface area contributed by atoms with Crippen LogP contribution in [-0.4, -0.2) is 16.0 Å². The standard InChI is InChI=1S/C16H21NO2S/c1-16(2,18)15-8-7-13(19-15)10-17(12-5-6-12)11-14-4-3-9-20-14/h3-4,7-9,12,18H,5-6,10-11H2,1-2H3. The van der Waals surface area contributed by atoms with E-state index in [-0.39, 0.29) is 0 Å². The van der Waals surface area contributed by atoms with Gasteiger partial charge in [0, 0.05) is 17.5 Å². The zero-order valence-electron chi connectivity index (χ0n) is 12.0. The highest BCUT2D eigenvalue weighted by Gasteiger charge is 2.30. The Kier molecular flexibility index (Phi) is 3.71. The SMILES string of the molecule is CC(C)(O)c1ccc(CN(Cc2cccs2)C2CC2)o1. The van der Waals surface area contributed by atoms with Crippen molar-refractivity contribution in [3.63, 3.8) is 0 Å². The summed E-state index contributed by atoms with van der Waals surface area (Å²) >= 11 is 1.80. The van der Waals surface area contributed by atoms with Gasteiger partial charge in [0.25, 0.3) is 0 Å². The summed E-state index contributed by atoms with van der Waals surface area (Å²) in [4.78, 5) is 3.87. The summed E-state index contributed by atoms with van der Waals surface area (Å²) in [5.41, 5.74) is -0.906. The molecule has 0 spiro atoms. The second-order valence-corrected chi connectivity index (χ2v) is 7.07. The Hall–Kier alpha value is -1.10. The average molecular weight is 291 g/mol. The molecule has 2 aromatic rings. The first-order chi connectivity index (χ1) is 9.52. The van der Waals surface area contributed by atoms with Gasteiger partial charge in [-0.15, -0.1) is 11.3 Å². The van der Waals surface area contributed by atoms with Crippen molar-refractivity contribution in [3.8, 4) is 0 Å². The highest BCUT2D eigenvalue weighted by Crippen LogP contribution is 2.31. The minimum absolute atomic E-state index is 0.638. The Bertz CT molecular complexity index is 549. The molecule has 1 aliphatic rings. The fourth-order valence-corrected chi connectivity index (χ4v) is 3.08. The molecule has 108 valence electrons. The topological polar surface area (TPSA) is 36.6 Å². The molecular weight excluding hydrogens is 270 g/mol. The molecule has 2 aromatic heterocycles. The van der Waals surface area contributed by atoms with E-state index in [0.717, 1.165) is 18.8 Å². The lowest BCUT2D eigenvalue weighted by molar-refractivity contribution is 0.0515. The van der Waals surface area contributed by atoms with Gasteiger partial charge in [-0.25, -0.2) is 0 Å². The minimum Gasteiger partial charge on any atom is -0.462 e. The number of rotatable bonds is 6. The molecule has 0 bridgehead atoms. The fraction of sp³-hybridized carbons (Fsp3) is 0.500. The van der Waals surface area contributed by atoms with Gasteiger partial charge in [0.1, 0.15) is 17.1 Å². The molecule has 1 fully saturated rings. The first-order valence-corrected chi connectivity index (χ1v) is 7.98. The van der Waals surface area contributed by atoms with Crippen molar-refractivity contribution in [2.24, 2.45) is 0 Å². The molecule has 1 aliphatic carbocycles.